The van der Waals surface area contributed by atoms with Crippen molar-refractivity contribution in [3.05, 3.63) is 23.8 Å². The summed E-state index contributed by atoms with van der Waals surface area (Å²) in [6, 6.07) is 5.61. The van der Waals surface area contributed by atoms with Crippen molar-refractivity contribution in [2.24, 2.45) is 0 Å². The van der Waals surface area contributed by atoms with E-state index in [0.29, 0.717) is 43.6 Å². The first kappa shape index (κ1) is 26.9. The molecule has 37 heavy (non-hydrogen) atoms. The van der Waals surface area contributed by atoms with E-state index in [1.165, 1.54) is 4.90 Å². The van der Waals surface area contributed by atoms with Crippen LogP contribution in [0, 0.1) is 0 Å². The standard InChI is InChI=1S/C27H39N5O5/c1-27(2,3)37-26(36)30-13-11-19(12-14-30)31-15-18(16-31)20-7-6-8-21(24(20)29(4)5)32(17-33)22-9-10-23(34)28-25(22)35/h6-8,17-19,22H,9-16H2,1-5H3,(H,28,34,35). The van der Waals surface area contributed by atoms with Crippen molar-refractivity contribution in [1.82, 2.24) is 15.1 Å². The number of rotatable bonds is 6. The van der Waals surface area contributed by atoms with Gasteiger partial charge in [0, 0.05) is 58.7 Å². The summed E-state index contributed by atoms with van der Waals surface area (Å²) in [4.78, 5) is 56.4. The molecule has 0 spiro atoms. The topological polar surface area (TPSA) is 102 Å². The molecule has 10 nitrogen and oxygen atoms in total. The average molecular weight is 514 g/mol. The van der Waals surface area contributed by atoms with E-state index in [0.717, 1.165) is 37.2 Å². The van der Waals surface area contributed by atoms with Crippen LogP contribution in [0.1, 0.15) is 57.9 Å². The van der Waals surface area contributed by atoms with Crippen LogP contribution in [0.5, 0.6) is 0 Å². The third-order valence-corrected chi connectivity index (χ3v) is 7.41. The van der Waals surface area contributed by atoms with Crippen LogP contribution in [0.2, 0.25) is 0 Å². The van der Waals surface area contributed by atoms with E-state index in [9.17, 15) is 19.2 Å². The number of hydrogen-bond donors (Lipinski definition) is 1. The Balaban J connectivity index is 1.43. The molecule has 0 aromatic heterocycles. The fourth-order valence-corrected chi connectivity index (χ4v) is 5.57. The molecule has 3 heterocycles. The Morgan fingerprint density at radius 2 is 1.78 bits per heavy atom. The summed E-state index contributed by atoms with van der Waals surface area (Å²) in [5, 5.41) is 2.35. The second-order valence-corrected chi connectivity index (χ2v) is 11.4. The molecule has 1 aromatic rings. The van der Waals surface area contributed by atoms with Gasteiger partial charge in [0.2, 0.25) is 18.2 Å². The van der Waals surface area contributed by atoms with Gasteiger partial charge in [-0.25, -0.2) is 4.79 Å². The van der Waals surface area contributed by atoms with E-state index in [1.807, 2.05) is 51.9 Å². The summed E-state index contributed by atoms with van der Waals surface area (Å²) in [5.41, 5.74) is 2.25. The summed E-state index contributed by atoms with van der Waals surface area (Å²) < 4.78 is 5.52. The molecule has 0 bridgehead atoms. The highest BCUT2D eigenvalue weighted by atomic mass is 16.6. The van der Waals surface area contributed by atoms with Crippen LogP contribution in [0.15, 0.2) is 18.2 Å². The lowest BCUT2D eigenvalue weighted by molar-refractivity contribution is -0.134. The van der Waals surface area contributed by atoms with E-state index < -0.39 is 17.6 Å². The van der Waals surface area contributed by atoms with Crippen LogP contribution < -0.4 is 15.1 Å². The number of benzene rings is 1. The maximum Gasteiger partial charge on any atom is 0.410 e. The van der Waals surface area contributed by atoms with Gasteiger partial charge in [-0.05, 0) is 51.7 Å². The first-order valence-electron chi connectivity index (χ1n) is 13.1. The third kappa shape index (κ3) is 5.89. The average Bonchev–Trinajstić information content (AvgIpc) is 2.79. The lowest BCUT2D eigenvalue weighted by Crippen LogP contribution is -2.55. The first-order valence-corrected chi connectivity index (χ1v) is 13.1. The van der Waals surface area contributed by atoms with Crippen LogP contribution >= 0.6 is 0 Å². The lowest BCUT2D eigenvalue weighted by Gasteiger charge is -2.48. The van der Waals surface area contributed by atoms with Crippen molar-refractivity contribution >= 4 is 35.7 Å². The van der Waals surface area contributed by atoms with Crippen LogP contribution in [0.25, 0.3) is 0 Å². The number of anilines is 2. The van der Waals surface area contributed by atoms with Gasteiger partial charge in [0.25, 0.3) is 0 Å². The van der Waals surface area contributed by atoms with Crippen molar-refractivity contribution in [2.75, 3.05) is 50.1 Å². The Bertz CT molecular complexity index is 1040. The molecular weight excluding hydrogens is 474 g/mol. The van der Waals surface area contributed by atoms with Crippen LogP contribution in [0.4, 0.5) is 16.2 Å². The van der Waals surface area contributed by atoms with Crippen LogP contribution in [-0.2, 0) is 19.1 Å². The Hall–Kier alpha value is -3.14. The van der Waals surface area contributed by atoms with Gasteiger partial charge in [-0.15, -0.1) is 0 Å². The third-order valence-electron chi connectivity index (χ3n) is 7.41. The summed E-state index contributed by atoms with van der Waals surface area (Å²) in [6.45, 7) is 8.84. The van der Waals surface area contributed by atoms with E-state index in [-0.39, 0.29) is 18.4 Å². The van der Waals surface area contributed by atoms with Gasteiger partial charge < -0.3 is 19.4 Å². The molecule has 4 rings (SSSR count). The van der Waals surface area contributed by atoms with Crippen LogP contribution in [0.3, 0.4) is 0 Å². The highest BCUT2D eigenvalue weighted by molar-refractivity contribution is 6.04. The Kier molecular flexibility index (Phi) is 7.77. The molecule has 3 saturated heterocycles. The van der Waals surface area contributed by atoms with Gasteiger partial charge in [0.1, 0.15) is 11.6 Å². The SMILES string of the molecule is CN(C)c1c(C2CN(C3CCN(C(=O)OC(C)(C)C)CC3)C2)cccc1N(C=O)C1CCC(=O)NC1=O. The Labute approximate surface area is 218 Å². The van der Waals surface area contributed by atoms with Crippen LogP contribution in [-0.4, -0.2) is 92.1 Å². The number of carbonyl (C=O) groups excluding carboxylic acids is 4. The Morgan fingerprint density at radius 3 is 2.35 bits per heavy atom. The van der Waals surface area contributed by atoms with Gasteiger partial charge in [-0.3, -0.25) is 24.6 Å². The molecule has 1 atom stereocenters. The Morgan fingerprint density at radius 1 is 1.11 bits per heavy atom. The molecule has 4 amide bonds. The largest absolute Gasteiger partial charge is 0.444 e. The molecule has 202 valence electrons. The van der Waals surface area contributed by atoms with Gasteiger partial charge in [0.15, 0.2) is 0 Å². The summed E-state index contributed by atoms with van der Waals surface area (Å²) in [6.07, 6.45) is 2.80. The maximum atomic E-state index is 12.5. The molecule has 0 aliphatic carbocycles. The minimum atomic E-state index is -0.711. The molecule has 1 N–H and O–H groups in total. The predicted octanol–water partition coefficient (Wildman–Crippen LogP) is 2.32. The molecular formula is C27H39N5O5. The molecule has 10 heteroatoms. The second kappa shape index (κ2) is 10.7. The number of hydrogen-bond acceptors (Lipinski definition) is 7. The number of nitrogens with one attached hydrogen (secondary N) is 1. The van der Waals surface area contributed by atoms with Crippen molar-refractivity contribution in [3.8, 4) is 0 Å². The number of imide groups is 1. The molecule has 3 aliphatic rings. The molecule has 3 fully saturated rings. The molecule has 0 radical (unpaired) electrons. The smallest absolute Gasteiger partial charge is 0.410 e. The van der Waals surface area contributed by atoms with Gasteiger partial charge in [-0.1, -0.05) is 12.1 Å². The van der Waals surface area contributed by atoms with Gasteiger partial charge in [0.05, 0.1) is 11.4 Å². The zero-order chi connectivity index (χ0) is 26.9. The number of likely N-dealkylation sites (tertiary alicyclic amines) is 2. The monoisotopic (exact) mass is 513 g/mol. The highest BCUT2D eigenvalue weighted by Crippen LogP contribution is 2.41. The van der Waals surface area contributed by atoms with Crippen molar-refractivity contribution < 1.29 is 23.9 Å². The lowest BCUT2D eigenvalue weighted by atomic mass is 9.86. The normalized spacial score (nSPS) is 21.8. The molecule has 1 unspecified atom stereocenters. The molecule has 0 saturated carbocycles. The van der Waals surface area contributed by atoms with Crippen molar-refractivity contribution in [1.29, 1.82) is 0 Å². The second-order valence-electron chi connectivity index (χ2n) is 11.4. The number of carbonyl (C=O) groups is 4. The fourth-order valence-electron chi connectivity index (χ4n) is 5.57. The number of piperidine rings is 2. The first-order chi connectivity index (χ1) is 17.5. The fraction of sp³-hybridized carbons (Fsp3) is 0.630. The van der Waals surface area contributed by atoms with E-state index in [4.69, 9.17) is 4.74 Å². The summed E-state index contributed by atoms with van der Waals surface area (Å²) >= 11 is 0. The van der Waals surface area contributed by atoms with Gasteiger partial charge >= 0.3 is 6.09 Å². The van der Waals surface area contributed by atoms with E-state index in [1.54, 1.807) is 4.90 Å². The highest BCUT2D eigenvalue weighted by Gasteiger charge is 2.39. The minimum absolute atomic E-state index is 0.210. The van der Waals surface area contributed by atoms with Gasteiger partial charge in [-0.2, -0.15) is 0 Å². The number of nitrogens with zero attached hydrogens (tertiary/aromatic N) is 4. The number of ether oxygens (including phenoxy) is 1. The summed E-state index contributed by atoms with van der Waals surface area (Å²) in [5.74, 6) is -0.442. The number of amides is 4. The molecule has 1 aromatic carbocycles. The predicted molar refractivity (Wildman–Crippen MR) is 141 cm³/mol. The van der Waals surface area contributed by atoms with Crippen molar-refractivity contribution in [2.45, 2.75) is 70.1 Å². The number of para-hydroxylation sites is 1. The maximum absolute atomic E-state index is 12.5. The van der Waals surface area contributed by atoms with E-state index in [2.05, 4.69) is 16.3 Å². The molecule has 3 aliphatic heterocycles. The zero-order valence-electron chi connectivity index (χ0n) is 22.5. The quantitative estimate of drug-likeness (QED) is 0.460. The van der Waals surface area contributed by atoms with Crippen molar-refractivity contribution in [3.63, 3.8) is 0 Å². The zero-order valence-corrected chi connectivity index (χ0v) is 22.5. The minimum Gasteiger partial charge on any atom is -0.444 e. The van der Waals surface area contributed by atoms with E-state index >= 15 is 0 Å². The summed E-state index contributed by atoms with van der Waals surface area (Å²) in [7, 11) is 3.89.